The fourth-order valence-electron chi connectivity index (χ4n) is 1.84. The Hall–Kier alpha value is -2.00. The zero-order chi connectivity index (χ0) is 16.4. The van der Waals surface area contributed by atoms with E-state index >= 15 is 0 Å². The number of aliphatic carboxylic acids is 1. The van der Waals surface area contributed by atoms with Crippen LogP contribution >= 0.6 is 0 Å². The highest BCUT2D eigenvalue weighted by molar-refractivity contribution is 7.89. The van der Waals surface area contributed by atoms with Crippen LogP contribution in [0.3, 0.4) is 0 Å². The molecule has 21 heavy (non-hydrogen) atoms. The number of carbonyl (C=O) groups is 1. The van der Waals surface area contributed by atoms with Gasteiger partial charge < -0.3 is 5.11 Å². The van der Waals surface area contributed by atoms with Crippen molar-refractivity contribution in [3.63, 3.8) is 0 Å². The molecule has 0 aliphatic heterocycles. The Labute approximate surface area is 122 Å². The van der Waals surface area contributed by atoms with Crippen LogP contribution in [0.15, 0.2) is 17.0 Å². The smallest absolute Gasteiger partial charge is 0.318 e. The van der Waals surface area contributed by atoms with Crippen molar-refractivity contribution < 1.29 is 23.2 Å². The Kier molecular flexibility index (Phi) is 5.02. The number of likely N-dealkylation sites (N-methyl/N-ethyl adjacent to an activating group) is 1. The molecular weight excluding hydrogens is 300 g/mol. The van der Waals surface area contributed by atoms with Gasteiger partial charge in [0.05, 0.1) is 9.82 Å². The first-order valence-corrected chi connectivity index (χ1v) is 7.52. The van der Waals surface area contributed by atoms with Crippen LogP contribution in [-0.4, -0.2) is 41.8 Å². The van der Waals surface area contributed by atoms with Crippen molar-refractivity contribution in [2.24, 2.45) is 0 Å². The SMILES string of the molecule is CCN(CC(=O)O)S(=O)(=O)c1cc([N+](=O)[O-])cc(C)c1C. The van der Waals surface area contributed by atoms with Crippen molar-refractivity contribution >= 4 is 21.7 Å². The first kappa shape index (κ1) is 17.1. The molecule has 0 unspecified atom stereocenters. The van der Waals surface area contributed by atoms with Gasteiger partial charge in [0.2, 0.25) is 10.0 Å². The lowest BCUT2D eigenvalue weighted by molar-refractivity contribution is -0.385. The zero-order valence-electron chi connectivity index (χ0n) is 11.9. The van der Waals surface area contributed by atoms with Gasteiger partial charge in [0.25, 0.3) is 5.69 Å². The number of nitrogens with zero attached hydrogens (tertiary/aromatic N) is 2. The van der Waals surface area contributed by atoms with E-state index in [0.29, 0.717) is 11.1 Å². The highest BCUT2D eigenvalue weighted by Crippen LogP contribution is 2.27. The summed E-state index contributed by atoms with van der Waals surface area (Å²) in [6, 6.07) is 2.24. The van der Waals surface area contributed by atoms with Gasteiger partial charge in [-0.2, -0.15) is 4.31 Å². The van der Waals surface area contributed by atoms with Crippen LogP contribution < -0.4 is 0 Å². The number of nitro groups is 1. The van der Waals surface area contributed by atoms with Crippen molar-refractivity contribution in [1.29, 1.82) is 0 Å². The van der Waals surface area contributed by atoms with E-state index < -0.39 is 27.5 Å². The van der Waals surface area contributed by atoms with E-state index in [0.717, 1.165) is 10.4 Å². The van der Waals surface area contributed by atoms with Gasteiger partial charge >= 0.3 is 5.97 Å². The predicted molar refractivity (Wildman–Crippen MR) is 74.6 cm³/mol. The third-order valence-electron chi connectivity index (χ3n) is 3.10. The molecule has 8 nitrogen and oxygen atoms in total. The number of carboxylic acids is 1. The van der Waals surface area contributed by atoms with Crippen LogP contribution in [-0.2, 0) is 14.8 Å². The normalized spacial score (nSPS) is 11.6. The minimum absolute atomic E-state index is 0.0458. The summed E-state index contributed by atoms with van der Waals surface area (Å²) in [6.07, 6.45) is 0. The topological polar surface area (TPSA) is 118 Å². The number of hydrogen-bond acceptors (Lipinski definition) is 5. The number of carboxylic acid groups (broad SMARTS) is 1. The van der Waals surface area contributed by atoms with Crippen LogP contribution in [0.5, 0.6) is 0 Å². The minimum Gasteiger partial charge on any atom is -0.480 e. The van der Waals surface area contributed by atoms with Gasteiger partial charge in [-0.05, 0) is 25.0 Å². The highest BCUT2D eigenvalue weighted by atomic mass is 32.2. The van der Waals surface area contributed by atoms with E-state index in [4.69, 9.17) is 5.11 Å². The van der Waals surface area contributed by atoms with E-state index in [-0.39, 0.29) is 17.1 Å². The van der Waals surface area contributed by atoms with Crippen molar-refractivity contribution in [1.82, 2.24) is 4.31 Å². The van der Waals surface area contributed by atoms with E-state index in [1.165, 1.54) is 19.9 Å². The second-order valence-corrected chi connectivity index (χ2v) is 6.37. The summed E-state index contributed by atoms with van der Waals surface area (Å²) >= 11 is 0. The Morgan fingerprint density at radius 3 is 2.38 bits per heavy atom. The van der Waals surface area contributed by atoms with Crippen LogP contribution in [0.2, 0.25) is 0 Å². The number of aryl methyl sites for hydroxylation is 1. The van der Waals surface area contributed by atoms with Gasteiger partial charge in [0.1, 0.15) is 6.54 Å². The number of benzene rings is 1. The standard InChI is InChI=1S/C12H16N2O6S/c1-4-13(7-12(15)16)21(19,20)11-6-10(14(17)18)5-8(2)9(11)3/h5-6H,4,7H2,1-3H3,(H,15,16). The molecule has 0 bridgehead atoms. The van der Waals surface area contributed by atoms with Gasteiger partial charge in [-0.25, -0.2) is 8.42 Å². The Morgan fingerprint density at radius 1 is 1.38 bits per heavy atom. The molecular formula is C12H16N2O6S. The Bertz CT molecular complexity index is 683. The second kappa shape index (κ2) is 6.19. The molecule has 0 aliphatic rings. The van der Waals surface area contributed by atoms with Gasteiger partial charge in [-0.15, -0.1) is 0 Å². The lowest BCUT2D eigenvalue weighted by Crippen LogP contribution is -2.35. The van der Waals surface area contributed by atoms with Crippen molar-refractivity contribution in [2.45, 2.75) is 25.7 Å². The van der Waals surface area contributed by atoms with Crippen molar-refractivity contribution in [3.8, 4) is 0 Å². The number of hydrogen-bond donors (Lipinski definition) is 1. The summed E-state index contributed by atoms with van der Waals surface area (Å²) in [5.74, 6) is -1.29. The number of non-ortho nitro benzene ring substituents is 1. The van der Waals surface area contributed by atoms with Gasteiger partial charge in [0.15, 0.2) is 0 Å². The highest BCUT2D eigenvalue weighted by Gasteiger charge is 2.29. The Balaban J connectivity index is 3.49. The number of sulfonamides is 1. The number of nitro benzene ring substituents is 1. The van der Waals surface area contributed by atoms with E-state index in [1.807, 2.05) is 0 Å². The third kappa shape index (κ3) is 3.56. The molecule has 1 rings (SSSR count). The molecule has 0 amide bonds. The molecule has 0 saturated heterocycles. The molecule has 0 aliphatic carbocycles. The first-order chi connectivity index (χ1) is 9.61. The minimum atomic E-state index is -4.11. The largest absolute Gasteiger partial charge is 0.480 e. The molecule has 116 valence electrons. The van der Waals surface area contributed by atoms with Crippen LogP contribution in [0.4, 0.5) is 5.69 Å². The summed E-state index contributed by atoms with van der Waals surface area (Å²) in [7, 11) is -4.11. The molecule has 0 saturated carbocycles. The summed E-state index contributed by atoms with van der Waals surface area (Å²) in [4.78, 5) is 20.7. The van der Waals surface area contributed by atoms with E-state index in [1.54, 1.807) is 6.92 Å². The molecule has 9 heteroatoms. The molecule has 0 spiro atoms. The third-order valence-corrected chi connectivity index (χ3v) is 5.14. The molecule has 1 aromatic carbocycles. The van der Waals surface area contributed by atoms with Crippen LogP contribution in [0.1, 0.15) is 18.1 Å². The fourth-order valence-corrected chi connectivity index (χ4v) is 3.55. The van der Waals surface area contributed by atoms with Gasteiger partial charge in [-0.3, -0.25) is 14.9 Å². The average Bonchev–Trinajstić information content (AvgIpc) is 2.37. The molecule has 0 fully saturated rings. The summed E-state index contributed by atoms with van der Waals surface area (Å²) in [5.41, 5.74) is 0.474. The lowest BCUT2D eigenvalue weighted by atomic mass is 10.1. The average molecular weight is 316 g/mol. The van der Waals surface area contributed by atoms with Crippen LogP contribution in [0, 0.1) is 24.0 Å². The van der Waals surface area contributed by atoms with Crippen molar-refractivity contribution in [2.75, 3.05) is 13.1 Å². The maximum atomic E-state index is 12.5. The van der Waals surface area contributed by atoms with Gasteiger partial charge in [0, 0.05) is 18.7 Å². The number of rotatable bonds is 6. The van der Waals surface area contributed by atoms with Gasteiger partial charge in [-0.1, -0.05) is 6.92 Å². The van der Waals surface area contributed by atoms with Crippen LogP contribution in [0.25, 0.3) is 0 Å². The van der Waals surface area contributed by atoms with Crippen molar-refractivity contribution in [3.05, 3.63) is 33.4 Å². The monoisotopic (exact) mass is 316 g/mol. The maximum Gasteiger partial charge on any atom is 0.318 e. The second-order valence-electron chi connectivity index (χ2n) is 4.47. The first-order valence-electron chi connectivity index (χ1n) is 6.08. The maximum absolute atomic E-state index is 12.5. The quantitative estimate of drug-likeness (QED) is 0.624. The molecule has 1 aromatic rings. The molecule has 0 heterocycles. The fraction of sp³-hybridized carbons (Fsp3) is 0.417. The Morgan fingerprint density at radius 2 is 1.95 bits per heavy atom. The predicted octanol–water partition coefficient (Wildman–Crippen LogP) is 1.31. The van der Waals surface area contributed by atoms with E-state index in [2.05, 4.69) is 0 Å². The molecule has 1 N–H and O–H groups in total. The molecule has 0 aromatic heterocycles. The lowest BCUT2D eigenvalue weighted by Gasteiger charge is -2.20. The molecule has 0 atom stereocenters. The summed E-state index contributed by atoms with van der Waals surface area (Å²) in [6.45, 7) is 3.85. The summed E-state index contributed by atoms with van der Waals surface area (Å²) < 4.78 is 25.7. The molecule has 0 radical (unpaired) electrons. The zero-order valence-corrected chi connectivity index (χ0v) is 12.7. The van der Waals surface area contributed by atoms with E-state index in [9.17, 15) is 23.3 Å². The summed E-state index contributed by atoms with van der Waals surface area (Å²) in [5, 5.41) is 19.6.